The average molecular weight is 384 g/mol. The van der Waals surface area contributed by atoms with Crippen LogP contribution in [0.1, 0.15) is 102 Å². The summed E-state index contributed by atoms with van der Waals surface area (Å²) >= 11 is 0. The molecular formula is C26H43N2+. The van der Waals surface area contributed by atoms with E-state index in [4.69, 9.17) is 0 Å². The zero-order valence-corrected chi connectivity index (χ0v) is 18.5. The minimum atomic E-state index is 0.996. The van der Waals surface area contributed by atoms with Crippen LogP contribution in [-0.4, -0.2) is 4.57 Å². The highest BCUT2D eigenvalue weighted by atomic mass is 15.1. The summed E-state index contributed by atoms with van der Waals surface area (Å²) in [5.74, 6) is 1.52. The van der Waals surface area contributed by atoms with Gasteiger partial charge in [0.25, 0.3) is 5.82 Å². The quantitative estimate of drug-likeness (QED) is 0.216. The van der Waals surface area contributed by atoms with Gasteiger partial charge < -0.3 is 0 Å². The van der Waals surface area contributed by atoms with Crippen LogP contribution in [0.2, 0.25) is 0 Å². The third kappa shape index (κ3) is 8.63. The van der Waals surface area contributed by atoms with E-state index in [1.807, 2.05) is 0 Å². The van der Waals surface area contributed by atoms with Gasteiger partial charge in [0.1, 0.15) is 18.9 Å². The van der Waals surface area contributed by atoms with Crippen molar-refractivity contribution in [3.8, 4) is 0 Å². The first kappa shape index (κ1) is 22.7. The largest absolute Gasteiger partial charge is 0.256 e. The van der Waals surface area contributed by atoms with Crippen molar-refractivity contribution >= 4 is 0 Å². The van der Waals surface area contributed by atoms with Crippen molar-refractivity contribution in [3.63, 3.8) is 0 Å². The van der Waals surface area contributed by atoms with Gasteiger partial charge in [0.05, 0.1) is 6.54 Å². The number of hydrogen-bond donors (Lipinski definition) is 0. The van der Waals surface area contributed by atoms with Gasteiger partial charge in [-0.1, -0.05) is 102 Å². The Morgan fingerprint density at radius 1 is 0.714 bits per heavy atom. The molecule has 0 atom stereocenters. The van der Waals surface area contributed by atoms with E-state index in [0.29, 0.717) is 0 Å². The molecule has 0 aliphatic carbocycles. The molecule has 0 radical (unpaired) electrons. The smallest absolute Gasteiger partial charge is 0.234 e. The van der Waals surface area contributed by atoms with Gasteiger partial charge in [-0.25, -0.2) is 9.13 Å². The molecular weight excluding hydrogens is 340 g/mol. The molecule has 156 valence electrons. The van der Waals surface area contributed by atoms with Crippen molar-refractivity contribution in [1.82, 2.24) is 4.57 Å². The zero-order chi connectivity index (χ0) is 19.9. The molecule has 1 aromatic carbocycles. The number of unbranched alkanes of at least 4 members (excludes halogenated alkanes) is 10. The molecule has 0 saturated heterocycles. The summed E-state index contributed by atoms with van der Waals surface area (Å²) in [6, 6.07) is 10.9. The second kappa shape index (κ2) is 14.4. The lowest BCUT2D eigenvalue weighted by molar-refractivity contribution is -0.704. The van der Waals surface area contributed by atoms with Crippen molar-refractivity contribution < 1.29 is 4.57 Å². The van der Waals surface area contributed by atoms with E-state index in [1.54, 1.807) is 0 Å². The van der Waals surface area contributed by atoms with E-state index in [0.717, 1.165) is 6.54 Å². The predicted octanol–water partition coefficient (Wildman–Crippen LogP) is 7.09. The molecule has 2 heteroatoms. The van der Waals surface area contributed by atoms with Crippen LogP contribution >= 0.6 is 0 Å². The van der Waals surface area contributed by atoms with Crippen LogP contribution in [0, 0.1) is 0 Å². The molecule has 0 saturated carbocycles. The van der Waals surface area contributed by atoms with Gasteiger partial charge in [0.2, 0.25) is 0 Å². The number of nitrogens with zero attached hydrogens (tertiary/aromatic N) is 2. The van der Waals surface area contributed by atoms with Crippen molar-refractivity contribution in [3.05, 3.63) is 54.1 Å². The maximum Gasteiger partial charge on any atom is 0.256 e. The van der Waals surface area contributed by atoms with Crippen LogP contribution in [-0.2, 0) is 19.5 Å². The zero-order valence-electron chi connectivity index (χ0n) is 18.5. The number of imidazole rings is 1. The fourth-order valence-electron chi connectivity index (χ4n) is 4.04. The SMILES string of the molecule is CCCCCCCCCc1n(Cc2ccccc2)cc[n+]1CCCCCCC. The molecule has 0 unspecified atom stereocenters. The second-order valence-electron chi connectivity index (χ2n) is 8.31. The monoisotopic (exact) mass is 383 g/mol. The molecule has 2 nitrogen and oxygen atoms in total. The van der Waals surface area contributed by atoms with Crippen LogP contribution in [0.15, 0.2) is 42.7 Å². The standard InChI is InChI=1S/C26H43N2/c1-3-5-7-9-10-11-16-20-26-27(21-17-12-8-6-4-2)22-23-28(26)24-25-18-14-13-15-19-25/h13-15,18-19,22-23H,3-12,16-17,20-21,24H2,1-2H3/q+1. The molecule has 2 aromatic rings. The summed E-state index contributed by atoms with van der Waals surface area (Å²) in [6.07, 6.45) is 22.2. The van der Waals surface area contributed by atoms with Gasteiger partial charge in [-0.05, 0) is 24.8 Å². The van der Waals surface area contributed by atoms with E-state index < -0.39 is 0 Å². The topological polar surface area (TPSA) is 8.81 Å². The Balaban J connectivity index is 1.89. The lowest BCUT2D eigenvalue weighted by Gasteiger charge is -2.07. The molecule has 0 aliphatic rings. The van der Waals surface area contributed by atoms with Crippen molar-refractivity contribution in [2.24, 2.45) is 0 Å². The summed E-state index contributed by atoms with van der Waals surface area (Å²) < 4.78 is 5.02. The van der Waals surface area contributed by atoms with Crippen LogP contribution < -0.4 is 4.57 Å². The summed E-state index contributed by atoms with van der Waals surface area (Å²) in [4.78, 5) is 0. The molecule has 0 bridgehead atoms. The molecule has 2 rings (SSSR count). The Hall–Kier alpha value is -1.57. The average Bonchev–Trinajstić information content (AvgIpc) is 3.09. The van der Waals surface area contributed by atoms with E-state index in [2.05, 4.69) is 65.7 Å². The Morgan fingerprint density at radius 2 is 1.32 bits per heavy atom. The third-order valence-corrected chi connectivity index (χ3v) is 5.79. The van der Waals surface area contributed by atoms with E-state index in [9.17, 15) is 0 Å². The first-order valence-corrected chi connectivity index (χ1v) is 12.0. The van der Waals surface area contributed by atoms with Gasteiger partial charge >= 0.3 is 0 Å². The lowest BCUT2D eigenvalue weighted by Crippen LogP contribution is -2.37. The van der Waals surface area contributed by atoms with Gasteiger partial charge in [-0.3, -0.25) is 0 Å². The number of hydrogen-bond acceptors (Lipinski definition) is 0. The molecule has 1 heterocycles. The molecule has 0 spiro atoms. The summed E-state index contributed by atoms with van der Waals surface area (Å²) in [6.45, 7) is 6.76. The summed E-state index contributed by atoms with van der Waals surface area (Å²) in [5.41, 5.74) is 1.40. The number of aromatic nitrogens is 2. The highest BCUT2D eigenvalue weighted by Gasteiger charge is 2.16. The van der Waals surface area contributed by atoms with Crippen LogP contribution in [0.25, 0.3) is 0 Å². The molecule has 0 aliphatic heterocycles. The van der Waals surface area contributed by atoms with E-state index >= 15 is 0 Å². The first-order valence-electron chi connectivity index (χ1n) is 12.0. The number of rotatable bonds is 16. The van der Waals surface area contributed by atoms with E-state index in [1.165, 1.54) is 101 Å². The number of benzene rings is 1. The van der Waals surface area contributed by atoms with Crippen molar-refractivity contribution in [1.29, 1.82) is 0 Å². The number of aryl methyl sites for hydroxylation is 1. The third-order valence-electron chi connectivity index (χ3n) is 5.79. The Kier molecular flexibility index (Phi) is 11.7. The first-order chi connectivity index (χ1) is 13.8. The van der Waals surface area contributed by atoms with Gasteiger partial charge in [-0.15, -0.1) is 0 Å². The highest BCUT2D eigenvalue weighted by molar-refractivity contribution is 5.15. The minimum Gasteiger partial charge on any atom is -0.234 e. The van der Waals surface area contributed by atoms with Crippen molar-refractivity contribution in [2.45, 2.75) is 110 Å². The van der Waals surface area contributed by atoms with Gasteiger partial charge in [-0.2, -0.15) is 0 Å². The predicted molar refractivity (Wildman–Crippen MR) is 121 cm³/mol. The summed E-state index contributed by atoms with van der Waals surface area (Å²) in [7, 11) is 0. The fourth-order valence-corrected chi connectivity index (χ4v) is 4.04. The van der Waals surface area contributed by atoms with Crippen LogP contribution in [0.5, 0.6) is 0 Å². The van der Waals surface area contributed by atoms with Gasteiger partial charge in [0, 0.05) is 6.42 Å². The summed E-state index contributed by atoms with van der Waals surface area (Å²) in [5, 5.41) is 0. The Labute approximate surface area is 174 Å². The van der Waals surface area contributed by atoms with E-state index in [-0.39, 0.29) is 0 Å². The lowest BCUT2D eigenvalue weighted by atomic mass is 10.1. The maximum absolute atomic E-state index is 2.53. The van der Waals surface area contributed by atoms with Crippen LogP contribution in [0.3, 0.4) is 0 Å². The molecule has 28 heavy (non-hydrogen) atoms. The molecule has 0 amide bonds. The molecule has 1 aromatic heterocycles. The van der Waals surface area contributed by atoms with Crippen LogP contribution in [0.4, 0.5) is 0 Å². The fraction of sp³-hybridized carbons (Fsp3) is 0.654. The normalized spacial score (nSPS) is 11.2. The molecule has 0 fully saturated rings. The molecule has 0 N–H and O–H groups in total. The van der Waals surface area contributed by atoms with Gasteiger partial charge in [0.15, 0.2) is 0 Å². The Bertz CT molecular complexity index is 615. The highest BCUT2D eigenvalue weighted by Crippen LogP contribution is 2.12. The van der Waals surface area contributed by atoms with Crippen molar-refractivity contribution in [2.75, 3.05) is 0 Å². The maximum atomic E-state index is 2.53. The second-order valence-corrected chi connectivity index (χ2v) is 8.31. The minimum absolute atomic E-state index is 0.996. The Morgan fingerprint density at radius 3 is 2.00 bits per heavy atom.